The highest BCUT2D eigenvalue weighted by molar-refractivity contribution is 7.93. The number of fused-ring (bicyclic) bond motifs is 1. The van der Waals surface area contributed by atoms with Crippen LogP contribution in [0, 0.1) is 11.6 Å². The maximum absolute atomic E-state index is 13.9. The Bertz CT molecular complexity index is 982. The Morgan fingerprint density at radius 1 is 0.913 bits per heavy atom. The molecule has 3 nitrogen and oxygen atoms in total. The first-order chi connectivity index (χ1) is 10.9. The van der Waals surface area contributed by atoms with E-state index in [0.717, 1.165) is 21.8 Å². The van der Waals surface area contributed by atoms with Gasteiger partial charge >= 0.3 is 0 Å². The first kappa shape index (κ1) is 15.4. The van der Waals surface area contributed by atoms with E-state index in [1.165, 1.54) is 13.1 Å². The molecule has 0 aromatic heterocycles. The summed E-state index contributed by atoms with van der Waals surface area (Å²) in [5, 5.41) is 1.31. The lowest BCUT2D eigenvalue weighted by atomic mass is 10.1. The van der Waals surface area contributed by atoms with Gasteiger partial charge in [-0.1, -0.05) is 36.4 Å². The van der Waals surface area contributed by atoms with Crippen LogP contribution in [0.1, 0.15) is 0 Å². The van der Waals surface area contributed by atoms with Crippen LogP contribution in [0.25, 0.3) is 10.8 Å². The molecule has 0 atom stereocenters. The van der Waals surface area contributed by atoms with Crippen LogP contribution in [-0.2, 0) is 10.0 Å². The second kappa shape index (κ2) is 5.62. The van der Waals surface area contributed by atoms with E-state index in [1.54, 1.807) is 30.3 Å². The lowest BCUT2D eigenvalue weighted by molar-refractivity contribution is 0.577. The minimum absolute atomic E-state index is 0.0711. The van der Waals surface area contributed by atoms with Gasteiger partial charge in [0.2, 0.25) is 0 Å². The molecular formula is C17H13F2NO2S. The molecule has 23 heavy (non-hydrogen) atoms. The number of sulfonamides is 1. The Kier molecular flexibility index (Phi) is 3.77. The zero-order chi connectivity index (χ0) is 16.6. The second-order valence-electron chi connectivity index (χ2n) is 5.05. The van der Waals surface area contributed by atoms with Crippen LogP contribution >= 0.6 is 0 Å². The number of rotatable bonds is 3. The van der Waals surface area contributed by atoms with Gasteiger partial charge in [0.1, 0.15) is 11.6 Å². The van der Waals surface area contributed by atoms with E-state index in [-0.39, 0.29) is 10.6 Å². The zero-order valence-corrected chi connectivity index (χ0v) is 13.0. The van der Waals surface area contributed by atoms with Gasteiger partial charge in [0.25, 0.3) is 10.0 Å². The SMILES string of the molecule is CN(c1ccc(F)cc1F)S(=O)(=O)c1cccc2ccccc12. The van der Waals surface area contributed by atoms with Crippen molar-refractivity contribution in [2.24, 2.45) is 0 Å². The third-order valence-electron chi connectivity index (χ3n) is 3.64. The largest absolute Gasteiger partial charge is 0.266 e. The van der Waals surface area contributed by atoms with Crippen LogP contribution in [0.3, 0.4) is 0 Å². The monoisotopic (exact) mass is 333 g/mol. The van der Waals surface area contributed by atoms with Crippen molar-refractivity contribution >= 4 is 26.5 Å². The summed E-state index contributed by atoms with van der Waals surface area (Å²) in [6, 6.07) is 14.7. The van der Waals surface area contributed by atoms with Gasteiger partial charge < -0.3 is 0 Å². The Balaban J connectivity index is 2.17. The number of halogens is 2. The van der Waals surface area contributed by atoms with E-state index in [1.807, 2.05) is 6.07 Å². The summed E-state index contributed by atoms with van der Waals surface area (Å²) in [5.74, 6) is -1.70. The molecule has 0 bridgehead atoms. The summed E-state index contributed by atoms with van der Waals surface area (Å²) < 4.78 is 53.5. The highest BCUT2D eigenvalue weighted by atomic mass is 32.2. The maximum atomic E-state index is 13.9. The van der Waals surface area contributed by atoms with E-state index in [2.05, 4.69) is 0 Å². The predicted molar refractivity (Wildman–Crippen MR) is 85.9 cm³/mol. The number of nitrogens with zero attached hydrogens (tertiary/aromatic N) is 1. The van der Waals surface area contributed by atoms with E-state index in [0.29, 0.717) is 11.5 Å². The fourth-order valence-corrected chi connectivity index (χ4v) is 3.85. The van der Waals surface area contributed by atoms with Gasteiger partial charge in [-0.15, -0.1) is 0 Å². The van der Waals surface area contributed by atoms with Gasteiger partial charge in [-0.05, 0) is 23.6 Å². The molecule has 0 aliphatic carbocycles. The average Bonchev–Trinajstić information content (AvgIpc) is 2.53. The molecule has 0 saturated heterocycles. The molecule has 0 saturated carbocycles. The predicted octanol–water partition coefficient (Wildman–Crippen LogP) is 3.94. The van der Waals surface area contributed by atoms with Crippen LogP contribution in [0.15, 0.2) is 65.6 Å². The molecule has 6 heteroatoms. The van der Waals surface area contributed by atoms with Crippen molar-refractivity contribution in [1.29, 1.82) is 0 Å². The van der Waals surface area contributed by atoms with Crippen molar-refractivity contribution in [2.75, 3.05) is 11.4 Å². The Morgan fingerprint density at radius 3 is 2.35 bits per heavy atom. The molecule has 0 radical (unpaired) electrons. The van der Waals surface area contributed by atoms with Gasteiger partial charge in [0.15, 0.2) is 0 Å². The quantitative estimate of drug-likeness (QED) is 0.728. The fraction of sp³-hybridized carbons (Fsp3) is 0.0588. The zero-order valence-electron chi connectivity index (χ0n) is 12.2. The minimum Gasteiger partial charge on any atom is -0.266 e. The van der Waals surface area contributed by atoms with Gasteiger partial charge in [-0.2, -0.15) is 0 Å². The lowest BCUT2D eigenvalue weighted by Crippen LogP contribution is -2.27. The summed E-state index contributed by atoms with van der Waals surface area (Å²) in [5.41, 5.74) is -0.209. The average molecular weight is 333 g/mol. The molecule has 0 spiro atoms. The molecule has 3 rings (SSSR count). The maximum Gasteiger partial charge on any atom is 0.264 e. The lowest BCUT2D eigenvalue weighted by Gasteiger charge is -2.21. The number of hydrogen-bond acceptors (Lipinski definition) is 2. The third kappa shape index (κ3) is 2.66. The van der Waals surface area contributed by atoms with Crippen LogP contribution < -0.4 is 4.31 Å². The smallest absolute Gasteiger partial charge is 0.264 e. The molecule has 118 valence electrons. The third-order valence-corrected chi connectivity index (χ3v) is 5.47. The van der Waals surface area contributed by atoms with E-state index < -0.39 is 21.7 Å². The second-order valence-corrected chi connectivity index (χ2v) is 6.98. The first-order valence-electron chi connectivity index (χ1n) is 6.83. The Hall–Kier alpha value is -2.47. The molecule has 3 aromatic carbocycles. The molecule has 0 unspecified atom stereocenters. The molecule has 3 aromatic rings. The fourth-order valence-electron chi connectivity index (χ4n) is 2.43. The van der Waals surface area contributed by atoms with Crippen molar-refractivity contribution in [2.45, 2.75) is 4.90 Å². The highest BCUT2D eigenvalue weighted by Gasteiger charge is 2.25. The van der Waals surface area contributed by atoms with Gasteiger partial charge in [0.05, 0.1) is 10.6 Å². The number of anilines is 1. The molecule has 0 aliphatic heterocycles. The topological polar surface area (TPSA) is 37.4 Å². The molecule has 0 heterocycles. The molecular weight excluding hydrogens is 320 g/mol. The molecule has 0 N–H and O–H groups in total. The minimum atomic E-state index is -3.98. The van der Waals surface area contributed by atoms with Crippen molar-refractivity contribution < 1.29 is 17.2 Å². The molecule has 0 amide bonds. The van der Waals surface area contributed by atoms with Crippen LogP contribution in [0.2, 0.25) is 0 Å². The van der Waals surface area contributed by atoms with Crippen LogP contribution in [0.4, 0.5) is 14.5 Å². The number of hydrogen-bond donors (Lipinski definition) is 0. The van der Waals surface area contributed by atoms with E-state index >= 15 is 0 Å². The van der Waals surface area contributed by atoms with E-state index in [9.17, 15) is 17.2 Å². The number of benzene rings is 3. The van der Waals surface area contributed by atoms with Crippen molar-refractivity contribution in [3.8, 4) is 0 Å². The van der Waals surface area contributed by atoms with Crippen molar-refractivity contribution in [3.63, 3.8) is 0 Å². The Labute approximate surface area is 132 Å². The molecule has 0 fully saturated rings. The summed E-state index contributed by atoms with van der Waals surface area (Å²) in [6.45, 7) is 0. The van der Waals surface area contributed by atoms with Crippen molar-refractivity contribution in [3.05, 3.63) is 72.3 Å². The first-order valence-corrected chi connectivity index (χ1v) is 8.27. The van der Waals surface area contributed by atoms with Gasteiger partial charge in [0, 0.05) is 18.5 Å². The summed E-state index contributed by atoms with van der Waals surface area (Å²) >= 11 is 0. The van der Waals surface area contributed by atoms with E-state index in [4.69, 9.17) is 0 Å². The summed E-state index contributed by atoms with van der Waals surface area (Å²) in [4.78, 5) is 0.0711. The summed E-state index contributed by atoms with van der Waals surface area (Å²) in [6.07, 6.45) is 0. The van der Waals surface area contributed by atoms with Crippen LogP contribution in [0.5, 0.6) is 0 Å². The van der Waals surface area contributed by atoms with Crippen LogP contribution in [-0.4, -0.2) is 15.5 Å². The Morgan fingerprint density at radius 2 is 1.61 bits per heavy atom. The normalized spacial score (nSPS) is 11.6. The highest BCUT2D eigenvalue weighted by Crippen LogP contribution is 2.29. The molecule has 0 aliphatic rings. The van der Waals surface area contributed by atoms with Crippen molar-refractivity contribution in [1.82, 2.24) is 0 Å². The standard InChI is InChI=1S/C17H13F2NO2S/c1-20(16-10-9-13(18)11-15(16)19)23(21,22)17-8-4-6-12-5-2-3-7-14(12)17/h2-11H,1H3. The van der Waals surface area contributed by atoms with Gasteiger partial charge in [-0.3, -0.25) is 4.31 Å². The van der Waals surface area contributed by atoms with Gasteiger partial charge in [-0.25, -0.2) is 17.2 Å². The summed E-state index contributed by atoms with van der Waals surface area (Å²) in [7, 11) is -2.74.